The molecule has 1 atom stereocenters. The van der Waals surface area contributed by atoms with Gasteiger partial charge < -0.3 is 5.32 Å². The Labute approximate surface area is 133 Å². The lowest BCUT2D eigenvalue weighted by atomic mass is 9.94. The van der Waals surface area contributed by atoms with Gasteiger partial charge in [0.25, 0.3) is 0 Å². The molecule has 0 radical (unpaired) electrons. The maximum absolute atomic E-state index is 6.07. The van der Waals surface area contributed by atoms with E-state index in [-0.39, 0.29) is 0 Å². The minimum atomic E-state index is 0.333. The molecule has 0 amide bonds. The largest absolute Gasteiger partial charge is 0.310 e. The fourth-order valence-corrected chi connectivity index (χ4v) is 2.94. The molecule has 0 aliphatic heterocycles. The first-order valence-corrected chi connectivity index (χ1v) is 8.09. The summed E-state index contributed by atoms with van der Waals surface area (Å²) in [6, 6.07) is 15.4. The molecule has 1 N–H and O–H groups in total. The molecular weight excluding hydrogens is 278 g/mol. The third-order valence-electron chi connectivity index (χ3n) is 3.93. The molecule has 0 heterocycles. The Balaban J connectivity index is 2.21. The molecule has 0 aliphatic rings. The molecule has 112 valence electrons. The fourth-order valence-electron chi connectivity index (χ4n) is 2.72. The first-order valence-electron chi connectivity index (χ1n) is 7.71. The van der Waals surface area contributed by atoms with E-state index in [4.69, 9.17) is 11.6 Å². The van der Waals surface area contributed by atoms with Gasteiger partial charge in [-0.2, -0.15) is 0 Å². The predicted octanol–water partition coefficient (Wildman–Crippen LogP) is 5.10. The highest BCUT2D eigenvalue weighted by molar-refractivity contribution is 6.30. The molecule has 2 heteroatoms. The smallest absolute Gasteiger partial charge is 0.0408 e. The number of rotatable bonds is 6. The molecule has 0 aliphatic carbocycles. The molecule has 0 bridgehead atoms. The lowest BCUT2D eigenvalue weighted by molar-refractivity contribution is 0.547. The van der Waals surface area contributed by atoms with E-state index in [1.807, 2.05) is 12.1 Å². The van der Waals surface area contributed by atoms with Crippen LogP contribution < -0.4 is 5.32 Å². The van der Waals surface area contributed by atoms with Crippen molar-refractivity contribution in [3.05, 3.63) is 69.7 Å². The van der Waals surface area contributed by atoms with Crippen LogP contribution in [0.2, 0.25) is 5.02 Å². The molecule has 2 rings (SSSR count). The van der Waals surface area contributed by atoms with Crippen molar-refractivity contribution < 1.29 is 0 Å². The SMILES string of the molecule is CCNC(Cc1ccc(CC)cc1)c1ccc(Cl)cc1C. The van der Waals surface area contributed by atoms with Crippen molar-refractivity contribution in [1.82, 2.24) is 5.32 Å². The zero-order chi connectivity index (χ0) is 15.2. The van der Waals surface area contributed by atoms with Gasteiger partial charge in [0.1, 0.15) is 0 Å². The topological polar surface area (TPSA) is 12.0 Å². The van der Waals surface area contributed by atoms with Gasteiger partial charge in [-0.05, 0) is 60.7 Å². The summed E-state index contributed by atoms with van der Waals surface area (Å²) in [5.41, 5.74) is 5.34. The average molecular weight is 302 g/mol. The van der Waals surface area contributed by atoms with E-state index in [1.165, 1.54) is 22.3 Å². The first kappa shape index (κ1) is 16.1. The van der Waals surface area contributed by atoms with Gasteiger partial charge in [0.05, 0.1) is 0 Å². The molecule has 0 fully saturated rings. The zero-order valence-electron chi connectivity index (χ0n) is 13.1. The van der Waals surface area contributed by atoms with Crippen LogP contribution in [-0.2, 0) is 12.8 Å². The maximum atomic E-state index is 6.07. The summed E-state index contributed by atoms with van der Waals surface area (Å²) < 4.78 is 0. The highest BCUT2D eigenvalue weighted by Gasteiger charge is 2.13. The van der Waals surface area contributed by atoms with Gasteiger partial charge in [-0.25, -0.2) is 0 Å². The van der Waals surface area contributed by atoms with Crippen molar-refractivity contribution in [1.29, 1.82) is 0 Å². The standard InChI is InChI=1S/C19H24ClN/c1-4-15-6-8-16(9-7-15)13-19(21-5-2)18-11-10-17(20)12-14(18)3/h6-12,19,21H,4-5,13H2,1-3H3. The van der Waals surface area contributed by atoms with Gasteiger partial charge in [0.15, 0.2) is 0 Å². The highest BCUT2D eigenvalue weighted by Crippen LogP contribution is 2.24. The summed E-state index contributed by atoms with van der Waals surface area (Å²) in [5, 5.41) is 4.40. The Morgan fingerprint density at radius 2 is 1.67 bits per heavy atom. The summed E-state index contributed by atoms with van der Waals surface area (Å²) in [5.74, 6) is 0. The van der Waals surface area contributed by atoms with Crippen LogP contribution in [0.3, 0.4) is 0 Å². The molecule has 2 aromatic carbocycles. The normalized spacial score (nSPS) is 12.4. The molecule has 0 aromatic heterocycles. The van der Waals surface area contributed by atoms with Gasteiger partial charge in [-0.1, -0.05) is 55.8 Å². The third kappa shape index (κ3) is 4.33. The molecular formula is C19H24ClN. The van der Waals surface area contributed by atoms with E-state index in [0.29, 0.717) is 6.04 Å². The van der Waals surface area contributed by atoms with Crippen LogP contribution in [0, 0.1) is 6.92 Å². The van der Waals surface area contributed by atoms with Crippen molar-refractivity contribution >= 4 is 11.6 Å². The molecule has 0 spiro atoms. The lowest BCUT2D eigenvalue weighted by Gasteiger charge is -2.21. The Morgan fingerprint density at radius 3 is 2.24 bits per heavy atom. The van der Waals surface area contributed by atoms with E-state index in [9.17, 15) is 0 Å². The number of benzene rings is 2. The molecule has 21 heavy (non-hydrogen) atoms. The second-order valence-electron chi connectivity index (χ2n) is 5.49. The number of hydrogen-bond acceptors (Lipinski definition) is 1. The maximum Gasteiger partial charge on any atom is 0.0408 e. The van der Waals surface area contributed by atoms with Gasteiger partial charge in [-0.3, -0.25) is 0 Å². The summed E-state index contributed by atoms with van der Waals surface area (Å²) in [4.78, 5) is 0. The molecule has 1 unspecified atom stereocenters. The Morgan fingerprint density at radius 1 is 1.00 bits per heavy atom. The van der Waals surface area contributed by atoms with E-state index >= 15 is 0 Å². The average Bonchev–Trinajstić information content (AvgIpc) is 2.48. The van der Waals surface area contributed by atoms with Crippen LogP contribution in [0.1, 0.15) is 42.1 Å². The third-order valence-corrected chi connectivity index (χ3v) is 4.16. The van der Waals surface area contributed by atoms with Crippen LogP contribution in [0.15, 0.2) is 42.5 Å². The molecule has 2 aromatic rings. The predicted molar refractivity (Wildman–Crippen MR) is 92.1 cm³/mol. The monoisotopic (exact) mass is 301 g/mol. The minimum Gasteiger partial charge on any atom is -0.310 e. The Hall–Kier alpha value is -1.31. The van der Waals surface area contributed by atoms with E-state index in [2.05, 4.69) is 56.4 Å². The second-order valence-corrected chi connectivity index (χ2v) is 5.92. The van der Waals surface area contributed by atoms with Crippen LogP contribution >= 0.6 is 11.6 Å². The number of aryl methyl sites for hydroxylation is 2. The van der Waals surface area contributed by atoms with Gasteiger partial charge >= 0.3 is 0 Å². The summed E-state index contributed by atoms with van der Waals surface area (Å²) >= 11 is 6.07. The molecule has 0 saturated carbocycles. The van der Waals surface area contributed by atoms with Crippen LogP contribution in [0.4, 0.5) is 0 Å². The van der Waals surface area contributed by atoms with Crippen molar-refractivity contribution in [3.63, 3.8) is 0 Å². The fraction of sp³-hybridized carbons (Fsp3) is 0.368. The number of likely N-dealkylation sites (N-methyl/N-ethyl adjacent to an activating group) is 1. The van der Waals surface area contributed by atoms with Crippen LogP contribution in [-0.4, -0.2) is 6.54 Å². The number of hydrogen-bond donors (Lipinski definition) is 1. The van der Waals surface area contributed by atoms with Gasteiger partial charge in [-0.15, -0.1) is 0 Å². The minimum absolute atomic E-state index is 0.333. The quantitative estimate of drug-likeness (QED) is 0.782. The van der Waals surface area contributed by atoms with Crippen molar-refractivity contribution in [3.8, 4) is 0 Å². The van der Waals surface area contributed by atoms with Crippen molar-refractivity contribution in [2.24, 2.45) is 0 Å². The summed E-state index contributed by atoms with van der Waals surface area (Å²) in [6.45, 7) is 7.43. The van der Waals surface area contributed by atoms with Crippen molar-refractivity contribution in [2.45, 2.75) is 39.7 Å². The summed E-state index contributed by atoms with van der Waals surface area (Å²) in [6.07, 6.45) is 2.09. The number of halogens is 1. The number of nitrogens with one attached hydrogen (secondary N) is 1. The van der Waals surface area contributed by atoms with Crippen molar-refractivity contribution in [2.75, 3.05) is 6.54 Å². The second kappa shape index (κ2) is 7.63. The molecule has 1 nitrogen and oxygen atoms in total. The van der Waals surface area contributed by atoms with E-state index < -0.39 is 0 Å². The zero-order valence-corrected chi connectivity index (χ0v) is 13.9. The van der Waals surface area contributed by atoms with Gasteiger partial charge in [0, 0.05) is 11.1 Å². The van der Waals surface area contributed by atoms with E-state index in [1.54, 1.807) is 0 Å². The van der Waals surface area contributed by atoms with Gasteiger partial charge in [0.2, 0.25) is 0 Å². The highest BCUT2D eigenvalue weighted by atomic mass is 35.5. The Kier molecular flexibility index (Phi) is 5.84. The molecule has 0 saturated heterocycles. The Bertz CT molecular complexity index is 575. The van der Waals surface area contributed by atoms with Crippen LogP contribution in [0.25, 0.3) is 0 Å². The van der Waals surface area contributed by atoms with E-state index in [0.717, 1.165) is 24.4 Å². The summed E-state index contributed by atoms with van der Waals surface area (Å²) in [7, 11) is 0. The first-order chi connectivity index (χ1) is 10.1. The van der Waals surface area contributed by atoms with Crippen LogP contribution in [0.5, 0.6) is 0 Å². The lowest BCUT2D eigenvalue weighted by Crippen LogP contribution is -2.23.